The zero-order valence-electron chi connectivity index (χ0n) is 24.1. The molecular formula is C30H30N4O8S. The molecule has 0 spiro atoms. The van der Waals surface area contributed by atoms with E-state index in [4.69, 9.17) is 9.47 Å². The summed E-state index contributed by atoms with van der Waals surface area (Å²) >= 11 is 0. The molecule has 3 aromatic carbocycles. The molecule has 0 fully saturated rings. The van der Waals surface area contributed by atoms with Gasteiger partial charge < -0.3 is 14.0 Å². The van der Waals surface area contributed by atoms with E-state index in [-0.39, 0.29) is 4.90 Å². The molecule has 0 amide bonds. The fourth-order valence-electron chi connectivity index (χ4n) is 4.72. The molecule has 0 aliphatic carbocycles. The summed E-state index contributed by atoms with van der Waals surface area (Å²) in [5.41, 5.74) is 4.00. The van der Waals surface area contributed by atoms with Crippen LogP contribution in [0, 0.1) is 30.9 Å². The minimum atomic E-state index is -4.32. The van der Waals surface area contributed by atoms with E-state index >= 15 is 0 Å². The van der Waals surface area contributed by atoms with Gasteiger partial charge in [-0.15, -0.1) is 0 Å². The maximum Gasteiger partial charge on any atom is 0.337 e. The van der Waals surface area contributed by atoms with Gasteiger partial charge in [-0.1, -0.05) is 12.1 Å². The van der Waals surface area contributed by atoms with Gasteiger partial charge in [-0.05, 0) is 74.7 Å². The van der Waals surface area contributed by atoms with Crippen LogP contribution in [0.5, 0.6) is 0 Å². The zero-order valence-corrected chi connectivity index (χ0v) is 24.9. The Labute approximate surface area is 248 Å². The molecule has 4 rings (SSSR count). The minimum Gasteiger partial charge on any atom is -0.465 e. The summed E-state index contributed by atoms with van der Waals surface area (Å²) in [6.45, 7) is 6.73. The molecule has 1 N–H and O–H groups in total. The van der Waals surface area contributed by atoms with Crippen LogP contribution in [0.3, 0.4) is 0 Å². The molecule has 0 aliphatic heterocycles. The first-order valence-electron chi connectivity index (χ1n) is 13.1. The van der Waals surface area contributed by atoms with Crippen molar-refractivity contribution in [1.29, 1.82) is 0 Å². The van der Waals surface area contributed by atoms with E-state index in [1.165, 1.54) is 26.2 Å². The highest BCUT2D eigenvalue weighted by Gasteiger charge is 2.30. The van der Waals surface area contributed by atoms with Crippen LogP contribution in [0.1, 0.15) is 51.2 Å². The zero-order chi connectivity index (χ0) is 31.5. The number of carbonyl (C=O) groups is 2. The number of aryl methyl sites for hydroxylation is 3. The summed E-state index contributed by atoms with van der Waals surface area (Å²) < 4.78 is 41.0. The van der Waals surface area contributed by atoms with Gasteiger partial charge in [0.1, 0.15) is 6.04 Å². The molecule has 1 heterocycles. The van der Waals surface area contributed by atoms with Gasteiger partial charge in [0.25, 0.3) is 5.69 Å². The number of carbonyl (C=O) groups excluding carboxylic acids is 2. The summed E-state index contributed by atoms with van der Waals surface area (Å²) in [6, 6.07) is 12.0. The highest BCUT2D eigenvalue weighted by atomic mass is 32.2. The Balaban J connectivity index is 1.74. The predicted molar refractivity (Wildman–Crippen MR) is 156 cm³/mol. The second kappa shape index (κ2) is 12.5. The standard InChI is InChI=1S/C30H30N4O8S/c1-18-9-10-23(33-12-11-31-17-33)16-26(18)28(27-19(2)13-22(14-20(27)3)30(36)41-5)42-29(35)21(4)32-43(39,40)25-8-6-7-24(15-25)34(37)38/h6-17,21,28,32H,1-5H3. The van der Waals surface area contributed by atoms with E-state index in [1.807, 2.05) is 25.1 Å². The van der Waals surface area contributed by atoms with Crippen LogP contribution in [0.2, 0.25) is 0 Å². The molecule has 2 atom stereocenters. The molecule has 0 bridgehead atoms. The summed E-state index contributed by atoms with van der Waals surface area (Å²) in [4.78, 5) is 39.9. The van der Waals surface area contributed by atoms with E-state index in [9.17, 15) is 28.1 Å². The predicted octanol–water partition coefficient (Wildman–Crippen LogP) is 4.49. The number of nitro groups is 1. The monoisotopic (exact) mass is 606 g/mol. The van der Waals surface area contributed by atoms with E-state index < -0.39 is 44.7 Å². The van der Waals surface area contributed by atoms with Crippen molar-refractivity contribution < 1.29 is 32.4 Å². The lowest BCUT2D eigenvalue weighted by atomic mass is 9.89. The second-order valence-electron chi connectivity index (χ2n) is 9.94. The first-order chi connectivity index (χ1) is 20.3. The Morgan fingerprint density at radius 3 is 2.33 bits per heavy atom. The van der Waals surface area contributed by atoms with Crippen LogP contribution in [-0.2, 0) is 24.3 Å². The van der Waals surface area contributed by atoms with Crippen LogP contribution in [0.4, 0.5) is 5.69 Å². The van der Waals surface area contributed by atoms with Crippen LogP contribution < -0.4 is 4.72 Å². The number of esters is 2. The van der Waals surface area contributed by atoms with Crippen LogP contribution in [0.15, 0.2) is 78.2 Å². The van der Waals surface area contributed by atoms with Crippen molar-refractivity contribution >= 4 is 27.6 Å². The maximum absolute atomic E-state index is 13.5. The fraction of sp³-hybridized carbons (Fsp3) is 0.233. The van der Waals surface area contributed by atoms with Crippen LogP contribution in [-0.4, -0.2) is 48.0 Å². The van der Waals surface area contributed by atoms with Crippen molar-refractivity contribution in [2.24, 2.45) is 0 Å². The number of imidazole rings is 1. The molecule has 12 nitrogen and oxygen atoms in total. The number of ether oxygens (including phenoxy) is 2. The smallest absolute Gasteiger partial charge is 0.337 e. The third-order valence-electron chi connectivity index (χ3n) is 6.88. The number of rotatable bonds is 10. The van der Waals surface area contributed by atoms with E-state index in [0.717, 1.165) is 23.4 Å². The first-order valence-corrected chi connectivity index (χ1v) is 14.6. The van der Waals surface area contributed by atoms with Gasteiger partial charge in [-0.25, -0.2) is 18.2 Å². The third-order valence-corrected chi connectivity index (χ3v) is 8.42. The number of nitro benzene ring substituents is 1. The number of sulfonamides is 1. The van der Waals surface area contributed by atoms with Crippen molar-refractivity contribution in [3.63, 3.8) is 0 Å². The topological polar surface area (TPSA) is 160 Å². The Morgan fingerprint density at radius 1 is 1.02 bits per heavy atom. The van der Waals surface area contributed by atoms with E-state index in [2.05, 4.69) is 9.71 Å². The number of benzene rings is 3. The number of nitrogens with one attached hydrogen (secondary N) is 1. The molecule has 13 heteroatoms. The van der Waals surface area contributed by atoms with Gasteiger partial charge in [0.15, 0.2) is 6.10 Å². The van der Waals surface area contributed by atoms with Crippen LogP contribution >= 0.6 is 0 Å². The van der Waals surface area contributed by atoms with Gasteiger partial charge in [0, 0.05) is 41.3 Å². The van der Waals surface area contributed by atoms with Crippen molar-refractivity contribution in [3.05, 3.63) is 117 Å². The molecule has 0 aliphatic rings. The average molecular weight is 607 g/mol. The van der Waals surface area contributed by atoms with Crippen molar-refractivity contribution in [2.75, 3.05) is 7.11 Å². The SMILES string of the molecule is COC(=O)c1cc(C)c(C(OC(=O)C(C)NS(=O)(=O)c2cccc([N+](=O)[O-])c2)c2cc(-n3ccnc3)ccc2C)c(C)c1. The van der Waals surface area contributed by atoms with Gasteiger partial charge in [0.2, 0.25) is 10.0 Å². The molecule has 2 unspecified atom stereocenters. The van der Waals surface area contributed by atoms with Gasteiger partial charge in [0.05, 0.1) is 28.8 Å². The summed E-state index contributed by atoms with van der Waals surface area (Å²) in [6.07, 6.45) is 4.03. The lowest BCUT2D eigenvalue weighted by molar-refractivity contribution is -0.385. The average Bonchev–Trinajstić information content (AvgIpc) is 3.51. The molecule has 0 radical (unpaired) electrons. The number of aromatic nitrogens is 2. The number of non-ortho nitro benzene ring substituents is 1. The van der Waals surface area contributed by atoms with Gasteiger partial charge in [-0.2, -0.15) is 4.72 Å². The number of hydrogen-bond donors (Lipinski definition) is 1. The molecule has 43 heavy (non-hydrogen) atoms. The molecule has 224 valence electrons. The number of methoxy groups -OCH3 is 1. The highest BCUT2D eigenvalue weighted by molar-refractivity contribution is 7.89. The van der Waals surface area contributed by atoms with Crippen molar-refractivity contribution in [1.82, 2.24) is 14.3 Å². The van der Waals surface area contributed by atoms with Crippen LogP contribution in [0.25, 0.3) is 5.69 Å². The number of hydrogen-bond acceptors (Lipinski definition) is 9. The number of nitrogens with zero attached hydrogens (tertiary/aromatic N) is 3. The lowest BCUT2D eigenvalue weighted by Gasteiger charge is -2.26. The summed E-state index contributed by atoms with van der Waals surface area (Å²) in [5.74, 6) is -1.41. The van der Waals surface area contributed by atoms with Gasteiger partial charge in [-0.3, -0.25) is 14.9 Å². The second-order valence-corrected chi connectivity index (χ2v) is 11.7. The molecule has 0 saturated heterocycles. The normalized spacial score (nSPS) is 12.8. The Hall–Kier alpha value is -4.88. The summed E-state index contributed by atoms with van der Waals surface area (Å²) in [7, 11) is -3.04. The lowest BCUT2D eigenvalue weighted by Crippen LogP contribution is -2.40. The van der Waals surface area contributed by atoms with E-state index in [1.54, 1.807) is 49.3 Å². The minimum absolute atomic E-state index is 0.327. The highest BCUT2D eigenvalue weighted by Crippen LogP contribution is 2.35. The van der Waals surface area contributed by atoms with Crippen molar-refractivity contribution in [3.8, 4) is 5.69 Å². The maximum atomic E-state index is 13.5. The summed E-state index contributed by atoms with van der Waals surface area (Å²) in [5, 5.41) is 11.1. The fourth-order valence-corrected chi connectivity index (χ4v) is 5.95. The van der Waals surface area contributed by atoms with E-state index in [0.29, 0.717) is 27.8 Å². The first kappa shape index (κ1) is 31.1. The van der Waals surface area contributed by atoms with Gasteiger partial charge >= 0.3 is 11.9 Å². The molecule has 0 saturated carbocycles. The van der Waals surface area contributed by atoms with Crippen molar-refractivity contribution in [2.45, 2.75) is 44.7 Å². The third kappa shape index (κ3) is 6.79. The largest absolute Gasteiger partial charge is 0.465 e. The Morgan fingerprint density at radius 2 is 1.72 bits per heavy atom. The molecule has 1 aromatic heterocycles. The molecule has 4 aromatic rings. The Kier molecular flexibility index (Phi) is 9.07. The molecular weight excluding hydrogens is 576 g/mol. The Bertz CT molecular complexity index is 1780. The quantitative estimate of drug-likeness (QED) is 0.156.